The highest BCUT2D eigenvalue weighted by Crippen LogP contribution is 2.26. The van der Waals surface area contributed by atoms with Crippen LogP contribution >= 0.6 is 23.2 Å². The number of carbonyl (C=O) groups is 1. The molecule has 128 valence electrons. The van der Waals surface area contributed by atoms with Gasteiger partial charge in [0.25, 0.3) is 5.91 Å². The summed E-state index contributed by atoms with van der Waals surface area (Å²) in [5.41, 5.74) is 0.400. The van der Waals surface area contributed by atoms with E-state index in [-0.39, 0.29) is 21.3 Å². The summed E-state index contributed by atoms with van der Waals surface area (Å²) in [5.74, 6) is -1.37. The van der Waals surface area contributed by atoms with Crippen LogP contribution in [0.1, 0.15) is 16.2 Å². The number of hydrogen-bond acceptors (Lipinski definition) is 2. The van der Waals surface area contributed by atoms with Gasteiger partial charge in [-0.1, -0.05) is 23.2 Å². The number of hydrogen-bond donors (Lipinski definition) is 1. The van der Waals surface area contributed by atoms with E-state index < -0.39 is 17.5 Å². The average Bonchev–Trinajstić information content (AvgIpc) is 2.97. The van der Waals surface area contributed by atoms with Gasteiger partial charge in [-0.2, -0.15) is 0 Å². The molecule has 4 nitrogen and oxygen atoms in total. The number of aryl methyl sites for hydroxylation is 1. The van der Waals surface area contributed by atoms with Crippen molar-refractivity contribution in [2.24, 2.45) is 0 Å². The third-order valence-electron chi connectivity index (χ3n) is 3.55. The van der Waals surface area contributed by atoms with Gasteiger partial charge in [0.15, 0.2) is 0 Å². The van der Waals surface area contributed by atoms with Gasteiger partial charge in [0.1, 0.15) is 17.5 Å². The zero-order valence-corrected chi connectivity index (χ0v) is 14.4. The average molecular weight is 382 g/mol. The summed E-state index contributed by atoms with van der Waals surface area (Å²) < 4.78 is 29.4. The Bertz CT molecular complexity index is 973. The SMILES string of the molecule is Cc1nccn1-c1ccc(NC(=O)c2cc(F)c(Cl)cc2Cl)cc1F. The maximum atomic E-state index is 14.3. The monoisotopic (exact) mass is 381 g/mol. The van der Waals surface area contributed by atoms with Crippen LogP contribution in [0, 0.1) is 18.6 Å². The lowest BCUT2D eigenvalue weighted by Gasteiger charge is -2.11. The molecule has 0 atom stereocenters. The number of nitrogens with one attached hydrogen (secondary N) is 1. The van der Waals surface area contributed by atoms with Crippen LogP contribution in [-0.4, -0.2) is 15.5 Å². The Labute approximate surface area is 152 Å². The number of nitrogens with zero attached hydrogens (tertiary/aromatic N) is 2. The Morgan fingerprint density at radius 2 is 1.88 bits per heavy atom. The first-order valence-electron chi connectivity index (χ1n) is 7.12. The standard InChI is InChI=1S/C17H11Cl2F2N3O/c1-9-22-4-5-24(9)16-3-2-10(6-15(16)21)23-17(25)11-7-14(20)13(19)8-12(11)18/h2-8H,1H3,(H,23,25). The van der Waals surface area contributed by atoms with E-state index >= 15 is 0 Å². The molecule has 2 aromatic carbocycles. The lowest BCUT2D eigenvalue weighted by molar-refractivity contribution is 0.102. The van der Waals surface area contributed by atoms with Crippen LogP contribution in [0.2, 0.25) is 10.0 Å². The highest BCUT2D eigenvalue weighted by atomic mass is 35.5. The van der Waals surface area contributed by atoms with Crippen LogP contribution in [0.5, 0.6) is 0 Å². The minimum atomic E-state index is -0.770. The van der Waals surface area contributed by atoms with E-state index in [1.807, 2.05) is 0 Å². The van der Waals surface area contributed by atoms with E-state index in [2.05, 4.69) is 10.3 Å². The number of benzene rings is 2. The molecule has 25 heavy (non-hydrogen) atoms. The highest BCUT2D eigenvalue weighted by Gasteiger charge is 2.15. The molecule has 3 rings (SSSR count). The van der Waals surface area contributed by atoms with Crippen molar-refractivity contribution in [1.29, 1.82) is 0 Å². The van der Waals surface area contributed by atoms with E-state index in [1.165, 1.54) is 12.1 Å². The molecule has 0 spiro atoms. The molecule has 1 N–H and O–H groups in total. The van der Waals surface area contributed by atoms with Gasteiger partial charge >= 0.3 is 0 Å². The largest absolute Gasteiger partial charge is 0.322 e. The van der Waals surface area contributed by atoms with Gasteiger partial charge in [0.2, 0.25) is 0 Å². The molecular weight excluding hydrogens is 371 g/mol. The topological polar surface area (TPSA) is 46.9 Å². The molecule has 0 aliphatic heterocycles. The number of carbonyl (C=O) groups excluding carboxylic acids is 1. The van der Waals surface area contributed by atoms with Crippen LogP contribution in [0.4, 0.5) is 14.5 Å². The van der Waals surface area contributed by atoms with Gasteiger partial charge in [-0.3, -0.25) is 4.79 Å². The summed E-state index contributed by atoms with van der Waals surface area (Å²) >= 11 is 11.5. The Morgan fingerprint density at radius 1 is 1.12 bits per heavy atom. The molecular formula is C17H11Cl2F2N3O. The molecule has 1 amide bonds. The number of amides is 1. The third kappa shape index (κ3) is 3.50. The summed E-state index contributed by atoms with van der Waals surface area (Å²) in [6.45, 7) is 1.74. The minimum absolute atomic E-state index is 0.00460. The van der Waals surface area contributed by atoms with Crippen molar-refractivity contribution in [3.8, 4) is 5.69 Å². The Hall–Kier alpha value is -2.44. The smallest absolute Gasteiger partial charge is 0.257 e. The van der Waals surface area contributed by atoms with Crippen molar-refractivity contribution in [3.05, 3.63) is 75.8 Å². The predicted molar refractivity (Wildman–Crippen MR) is 92.6 cm³/mol. The van der Waals surface area contributed by atoms with E-state index in [0.29, 0.717) is 11.5 Å². The maximum Gasteiger partial charge on any atom is 0.257 e. The zero-order valence-electron chi connectivity index (χ0n) is 12.9. The normalized spacial score (nSPS) is 10.8. The quantitative estimate of drug-likeness (QED) is 0.647. The fourth-order valence-electron chi connectivity index (χ4n) is 2.31. The first kappa shape index (κ1) is 17.4. The van der Waals surface area contributed by atoms with E-state index in [4.69, 9.17) is 23.2 Å². The minimum Gasteiger partial charge on any atom is -0.322 e. The van der Waals surface area contributed by atoms with Crippen molar-refractivity contribution in [2.75, 3.05) is 5.32 Å². The summed E-state index contributed by atoms with van der Waals surface area (Å²) in [6.07, 6.45) is 3.18. The Morgan fingerprint density at radius 3 is 2.52 bits per heavy atom. The van der Waals surface area contributed by atoms with Crippen molar-refractivity contribution in [3.63, 3.8) is 0 Å². The molecule has 0 saturated heterocycles. The van der Waals surface area contributed by atoms with Crippen molar-refractivity contribution in [2.45, 2.75) is 6.92 Å². The van der Waals surface area contributed by atoms with Gasteiger partial charge in [0, 0.05) is 18.1 Å². The second-order valence-corrected chi connectivity index (χ2v) is 6.03. The van der Waals surface area contributed by atoms with Crippen LogP contribution in [0.25, 0.3) is 5.69 Å². The fourth-order valence-corrected chi connectivity index (χ4v) is 2.78. The van der Waals surface area contributed by atoms with Gasteiger partial charge in [0.05, 0.1) is 21.3 Å². The molecule has 0 aliphatic rings. The van der Waals surface area contributed by atoms with E-state index in [1.54, 1.807) is 23.9 Å². The van der Waals surface area contributed by atoms with Crippen molar-refractivity contribution in [1.82, 2.24) is 9.55 Å². The molecule has 1 aromatic heterocycles. The Balaban J connectivity index is 1.87. The third-order valence-corrected chi connectivity index (χ3v) is 4.15. The number of imidazole rings is 1. The van der Waals surface area contributed by atoms with Gasteiger partial charge in [-0.15, -0.1) is 0 Å². The number of halogens is 4. The summed E-state index contributed by atoms with van der Waals surface area (Å²) in [6, 6.07) is 6.25. The first-order chi connectivity index (χ1) is 11.9. The second-order valence-electron chi connectivity index (χ2n) is 5.21. The van der Waals surface area contributed by atoms with E-state index in [0.717, 1.165) is 18.2 Å². The van der Waals surface area contributed by atoms with Crippen LogP contribution in [-0.2, 0) is 0 Å². The molecule has 8 heteroatoms. The Kier molecular flexibility index (Phi) is 4.74. The van der Waals surface area contributed by atoms with Crippen LogP contribution in [0.15, 0.2) is 42.7 Å². The van der Waals surface area contributed by atoms with E-state index in [9.17, 15) is 13.6 Å². The molecule has 1 heterocycles. The summed E-state index contributed by atoms with van der Waals surface area (Å²) in [7, 11) is 0. The second kappa shape index (κ2) is 6.82. The summed E-state index contributed by atoms with van der Waals surface area (Å²) in [4.78, 5) is 16.3. The molecule has 3 aromatic rings. The van der Waals surface area contributed by atoms with Gasteiger partial charge in [-0.05, 0) is 37.3 Å². The molecule has 0 saturated carbocycles. The van der Waals surface area contributed by atoms with Crippen LogP contribution in [0.3, 0.4) is 0 Å². The number of aromatic nitrogens is 2. The van der Waals surface area contributed by atoms with Crippen LogP contribution < -0.4 is 5.32 Å². The maximum absolute atomic E-state index is 14.3. The van der Waals surface area contributed by atoms with Gasteiger partial charge < -0.3 is 9.88 Å². The number of anilines is 1. The van der Waals surface area contributed by atoms with Crippen molar-refractivity contribution >= 4 is 34.8 Å². The highest BCUT2D eigenvalue weighted by molar-refractivity contribution is 6.37. The predicted octanol–water partition coefficient (Wildman–Crippen LogP) is 5.02. The molecule has 0 bridgehead atoms. The lowest BCUT2D eigenvalue weighted by atomic mass is 10.2. The molecule has 0 radical (unpaired) electrons. The molecule has 0 aliphatic carbocycles. The zero-order chi connectivity index (χ0) is 18.1. The van der Waals surface area contributed by atoms with Crippen molar-refractivity contribution < 1.29 is 13.6 Å². The number of rotatable bonds is 3. The molecule has 0 fully saturated rings. The van der Waals surface area contributed by atoms with Gasteiger partial charge in [-0.25, -0.2) is 13.8 Å². The fraction of sp³-hybridized carbons (Fsp3) is 0.0588. The first-order valence-corrected chi connectivity index (χ1v) is 7.88. The lowest BCUT2D eigenvalue weighted by Crippen LogP contribution is -2.13. The summed E-state index contributed by atoms with van der Waals surface area (Å²) in [5, 5.41) is 2.28. The molecule has 0 unspecified atom stereocenters.